The van der Waals surface area contributed by atoms with Crippen molar-refractivity contribution >= 4 is 28.1 Å². The molecule has 0 fully saturated rings. The number of nitrogens with two attached hydrogens (primary N) is 1. The SMILES string of the molecule is CCCc1ccc(Nc2ncnc3ccc(N)cc23)cc1. The Labute approximate surface area is 124 Å². The molecule has 1 aromatic heterocycles. The molecule has 3 aromatic rings. The van der Waals surface area contributed by atoms with Crippen molar-refractivity contribution in [1.82, 2.24) is 9.97 Å². The molecule has 0 aliphatic carbocycles. The number of fused-ring (bicyclic) bond motifs is 1. The molecular formula is C17H18N4. The molecule has 0 amide bonds. The van der Waals surface area contributed by atoms with Crippen LogP contribution in [0.2, 0.25) is 0 Å². The van der Waals surface area contributed by atoms with Crippen LogP contribution in [0.3, 0.4) is 0 Å². The molecule has 1 heterocycles. The fraction of sp³-hybridized carbons (Fsp3) is 0.176. The summed E-state index contributed by atoms with van der Waals surface area (Å²) in [7, 11) is 0. The van der Waals surface area contributed by atoms with Crippen molar-refractivity contribution in [2.75, 3.05) is 11.1 Å². The summed E-state index contributed by atoms with van der Waals surface area (Å²) < 4.78 is 0. The third-order valence-electron chi connectivity index (χ3n) is 3.41. The van der Waals surface area contributed by atoms with E-state index in [1.54, 1.807) is 6.33 Å². The smallest absolute Gasteiger partial charge is 0.141 e. The first-order valence-electron chi connectivity index (χ1n) is 7.12. The number of aryl methyl sites for hydroxylation is 1. The molecule has 3 N–H and O–H groups in total. The van der Waals surface area contributed by atoms with Crippen molar-refractivity contribution in [2.45, 2.75) is 19.8 Å². The van der Waals surface area contributed by atoms with Crippen LogP contribution in [-0.4, -0.2) is 9.97 Å². The van der Waals surface area contributed by atoms with Crippen LogP contribution in [0.5, 0.6) is 0 Å². The second kappa shape index (κ2) is 5.79. The van der Waals surface area contributed by atoms with Gasteiger partial charge < -0.3 is 11.1 Å². The molecule has 2 aromatic carbocycles. The number of anilines is 3. The Bertz CT molecular complexity index is 750. The highest BCUT2D eigenvalue weighted by Gasteiger charge is 2.04. The minimum absolute atomic E-state index is 0.707. The van der Waals surface area contributed by atoms with Crippen LogP contribution in [0.4, 0.5) is 17.2 Å². The largest absolute Gasteiger partial charge is 0.399 e. The first-order valence-corrected chi connectivity index (χ1v) is 7.12. The summed E-state index contributed by atoms with van der Waals surface area (Å²) >= 11 is 0. The standard InChI is InChI=1S/C17H18N4/c1-2-3-12-4-7-14(8-5-12)21-17-15-10-13(18)6-9-16(15)19-11-20-17/h4-11H,2-3,18H2,1H3,(H,19,20,21). The van der Waals surface area contributed by atoms with Crippen LogP contribution in [0.25, 0.3) is 10.9 Å². The molecule has 0 bridgehead atoms. The van der Waals surface area contributed by atoms with Gasteiger partial charge >= 0.3 is 0 Å². The quantitative estimate of drug-likeness (QED) is 0.710. The van der Waals surface area contributed by atoms with E-state index in [4.69, 9.17) is 5.73 Å². The summed E-state index contributed by atoms with van der Waals surface area (Å²) in [4.78, 5) is 8.58. The lowest BCUT2D eigenvalue weighted by atomic mass is 10.1. The Balaban J connectivity index is 1.92. The van der Waals surface area contributed by atoms with E-state index in [1.807, 2.05) is 18.2 Å². The zero-order valence-electron chi connectivity index (χ0n) is 12.0. The average Bonchev–Trinajstić information content (AvgIpc) is 2.50. The molecule has 0 saturated heterocycles. The number of benzene rings is 2. The topological polar surface area (TPSA) is 63.8 Å². The first-order chi connectivity index (χ1) is 10.3. The molecule has 4 nitrogen and oxygen atoms in total. The van der Waals surface area contributed by atoms with E-state index in [9.17, 15) is 0 Å². The number of hydrogen-bond acceptors (Lipinski definition) is 4. The molecule has 0 radical (unpaired) electrons. The van der Waals surface area contributed by atoms with Crippen LogP contribution < -0.4 is 11.1 Å². The predicted molar refractivity (Wildman–Crippen MR) is 87.7 cm³/mol. The number of nitrogens with zero attached hydrogens (tertiary/aromatic N) is 2. The number of hydrogen-bond donors (Lipinski definition) is 2. The first kappa shape index (κ1) is 13.4. The van der Waals surface area contributed by atoms with Gasteiger partial charge in [-0.2, -0.15) is 0 Å². The van der Waals surface area contributed by atoms with Gasteiger partial charge in [-0.15, -0.1) is 0 Å². The summed E-state index contributed by atoms with van der Waals surface area (Å²) in [5, 5.41) is 4.26. The van der Waals surface area contributed by atoms with Gasteiger partial charge in [-0.1, -0.05) is 25.5 Å². The summed E-state index contributed by atoms with van der Waals surface area (Å²) in [6.07, 6.45) is 3.82. The molecule has 0 aliphatic rings. The molecule has 3 rings (SSSR count). The summed E-state index contributed by atoms with van der Waals surface area (Å²) in [6.45, 7) is 2.18. The third kappa shape index (κ3) is 2.94. The Morgan fingerprint density at radius 2 is 1.86 bits per heavy atom. The molecule has 0 unspecified atom stereocenters. The van der Waals surface area contributed by atoms with Crippen molar-refractivity contribution < 1.29 is 0 Å². The van der Waals surface area contributed by atoms with Gasteiger partial charge in [0.1, 0.15) is 12.1 Å². The maximum atomic E-state index is 5.86. The van der Waals surface area contributed by atoms with Crippen LogP contribution in [0.15, 0.2) is 48.8 Å². The molecule has 21 heavy (non-hydrogen) atoms. The Morgan fingerprint density at radius 1 is 1.05 bits per heavy atom. The molecule has 0 aliphatic heterocycles. The fourth-order valence-electron chi connectivity index (χ4n) is 2.35. The fourth-order valence-corrected chi connectivity index (χ4v) is 2.35. The lowest BCUT2D eigenvalue weighted by molar-refractivity contribution is 0.922. The zero-order chi connectivity index (χ0) is 14.7. The Kier molecular flexibility index (Phi) is 3.69. The number of nitrogens with one attached hydrogen (secondary N) is 1. The van der Waals surface area contributed by atoms with Crippen molar-refractivity contribution in [3.63, 3.8) is 0 Å². The normalized spacial score (nSPS) is 10.7. The molecule has 106 valence electrons. The number of nitrogen functional groups attached to an aromatic ring is 1. The van der Waals surface area contributed by atoms with Crippen molar-refractivity contribution in [1.29, 1.82) is 0 Å². The van der Waals surface area contributed by atoms with Crippen molar-refractivity contribution in [3.8, 4) is 0 Å². The van der Waals surface area contributed by atoms with Gasteiger partial charge in [0, 0.05) is 16.8 Å². The summed E-state index contributed by atoms with van der Waals surface area (Å²) in [5.74, 6) is 0.774. The van der Waals surface area contributed by atoms with Crippen molar-refractivity contribution in [3.05, 3.63) is 54.4 Å². The minimum atomic E-state index is 0.707. The second-order valence-electron chi connectivity index (χ2n) is 5.07. The Hall–Kier alpha value is -2.62. The van der Waals surface area contributed by atoms with Crippen LogP contribution >= 0.6 is 0 Å². The molecule has 0 saturated carbocycles. The summed E-state index contributed by atoms with van der Waals surface area (Å²) in [6, 6.07) is 14.1. The van der Waals surface area contributed by atoms with E-state index < -0.39 is 0 Å². The zero-order valence-corrected chi connectivity index (χ0v) is 12.0. The van der Waals surface area contributed by atoms with Gasteiger partial charge in [-0.25, -0.2) is 9.97 Å². The predicted octanol–water partition coefficient (Wildman–Crippen LogP) is 3.91. The highest BCUT2D eigenvalue weighted by molar-refractivity contribution is 5.92. The second-order valence-corrected chi connectivity index (χ2v) is 5.07. The maximum Gasteiger partial charge on any atom is 0.141 e. The number of aromatic nitrogens is 2. The lowest BCUT2D eigenvalue weighted by Gasteiger charge is -2.09. The van der Waals surface area contributed by atoms with E-state index >= 15 is 0 Å². The third-order valence-corrected chi connectivity index (χ3v) is 3.41. The van der Waals surface area contributed by atoms with E-state index in [-0.39, 0.29) is 0 Å². The molecule has 4 heteroatoms. The molecular weight excluding hydrogens is 260 g/mol. The van der Waals surface area contributed by atoms with Gasteiger partial charge in [0.25, 0.3) is 0 Å². The van der Waals surface area contributed by atoms with Gasteiger partial charge in [0.15, 0.2) is 0 Å². The van der Waals surface area contributed by atoms with Crippen molar-refractivity contribution in [2.24, 2.45) is 0 Å². The van der Waals surface area contributed by atoms with E-state index in [0.717, 1.165) is 35.2 Å². The maximum absolute atomic E-state index is 5.86. The van der Waals surface area contributed by atoms with Gasteiger partial charge in [-0.05, 0) is 42.3 Å². The highest BCUT2D eigenvalue weighted by atomic mass is 15.0. The Morgan fingerprint density at radius 3 is 2.62 bits per heavy atom. The van der Waals surface area contributed by atoms with Crippen LogP contribution in [-0.2, 0) is 6.42 Å². The van der Waals surface area contributed by atoms with Crippen LogP contribution in [0.1, 0.15) is 18.9 Å². The number of rotatable bonds is 4. The van der Waals surface area contributed by atoms with Gasteiger partial charge in [0.2, 0.25) is 0 Å². The lowest BCUT2D eigenvalue weighted by Crippen LogP contribution is -1.97. The van der Waals surface area contributed by atoms with E-state index in [1.165, 1.54) is 5.56 Å². The summed E-state index contributed by atoms with van der Waals surface area (Å²) in [5.41, 5.74) is 9.80. The highest BCUT2D eigenvalue weighted by Crippen LogP contribution is 2.24. The monoisotopic (exact) mass is 278 g/mol. The molecule has 0 spiro atoms. The van der Waals surface area contributed by atoms with E-state index in [0.29, 0.717) is 5.69 Å². The van der Waals surface area contributed by atoms with E-state index in [2.05, 4.69) is 46.5 Å². The van der Waals surface area contributed by atoms with Gasteiger partial charge in [-0.3, -0.25) is 0 Å². The molecule has 0 atom stereocenters. The minimum Gasteiger partial charge on any atom is -0.399 e. The van der Waals surface area contributed by atoms with Gasteiger partial charge in [0.05, 0.1) is 5.52 Å². The average molecular weight is 278 g/mol. The van der Waals surface area contributed by atoms with Crippen LogP contribution in [0, 0.1) is 0 Å².